The van der Waals surface area contributed by atoms with Gasteiger partial charge in [-0.15, -0.1) is 0 Å². The zero-order valence-corrected chi connectivity index (χ0v) is 12.0. The fraction of sp³-hybridized carbons (Fsp3) is 0.462. The number of halogens is 1. The number of nitro benzene ring substituents is 1. The first-order valence-electron chi connectivity index (χ1n) is 6.30. The van der Waals surface area contributed by atoms with Gasteiger partial charge in [-0.05, 0) is 19.9 Å². The fourth-order valence-electron chi connectivity index (χ4n) is 2.14. The van der Waals surface area contributed by atoms with Crippen molar-refractivity contribution in [3.63, 3.8) is 0 Å². The van der Waals surface area contributed by atoms with Crippen LogP contribution < -0.4 is 4.90 Å². The van der Waals surface area contributed by atoms with Crippen LogP contribution in [0.5, 0.6) is 0 Å². The second kappa shape index (κ2) is 6.98. The maximum Gasteiger partial charge on any atom is 0.342 e. The van der Waals surface area contributed by atoms with E-state index in [1.165, 1.54) is 7.11 Å². The summed E-state index contributed by atoms with van der Waals surface area (Å²) in [6.07, 6.45) is 0. The Morgan fingerprint density at radius 3 is 2.62 bits per heavy atom. The number of nitro groups is 1. The number of carbonyl (C=O) groups is 1. The second-order valence-electron chi connectivity index (χ2n) is 4.47. The number of nitrogens with zero attached hydrogens (tertiary/aromatic N) is 2. The van der Waals surface area contributed by atoms with Gasteiger partial charge in [-0.3, -0.25) is 10.1 Å². The molecular weight excluding hydrogens is 283 g/mol. The van der Waals surface area contributed by atoms with Crippen molar-refractivity contribution in [1.82, 2.24) is 0 Å². The monoisotopic (exact) mass is 300 g/mol. The number of benzene rings is 1. The van der Waals surface area contributed by atoms with Crippen molar-refractivity contribution < 1.29 is 24.0 Å². The van der Waals surface area contributed by atoms with Crippen molar-refractivity contribution in [3.8, 4) is 0 Å². The Bertz CT molecular complexity index is 550. The van der Waals surface area contributed by atoms with Crippen LogP contribution in [0.3, 0.4) is 0 Å². The molecule has 0 spiro atoms. The lowest BCUT2D eigenvalue weighted by Gasteiger charge is -2.30. The molecule has 1 unspecified atom stereocenters. The first-order valence-corrected chi connectivity index (χ1v) is 6.30. The zero-order chi connectivity index (χ0) is 16.2. The number of methoxy groups -OCH3 is 1. The quantitative estimate of drug-likeness (QED) is 0.613. The normalized spacial score (nSPS) is 12.0. The molecule has 0 fully saturated rings. The molecular formula is C13H17FN2O5. The molecule has 0 bridgehead atoms. The van der Waals surface area contributed by atoms with Crippen LogP contribution in [0.15, 0.2) is 12.1 Å². The number of hydrogen-bond acceptors (Lipinski definition) is 5. The van der Waals surface area contributed by atoms with E-state index in [2.05, 4.69) is 0 Å². The molecule has 21 heavy (non-hydrogen) atoms. The highest BCUT2D eigenvalue weighted by Gasteiger charge is 2.26. The summed E-state index contributed by atoms with van der Waals surface area (Å²) in [5.41, 5.74) is -1.30. The molecule has 116 valence electrons. The van der Waals surface area contributed by atoms with E-state index < -0.39 is 28.0 Å². The third-order valence-corrected chi connectivity index (χ3v) is 3.08. The number of rotatable bonds is 7. The Kier molecular flexibility index (Phi) is 5.60. The minimum Gasteiger partial charge on any atom is -0.477 e. The van der Waals surface area contributed by atoms with Crippen LogP contribution in [0.2, 0.25) is 0 Å². The Hall–Kier alpha value is -2.22. The lowest BCUT2D eigenvalue weighted by Crippen LogP contribution is -2.36. The van der Waals surface area contributed by atoms with E-state index in [1.54, 1.807) is 18.7 Å². The minimum absolute atomic E-state index is 0.00468. The molecule has 1 aromatic carbocycles. The summed E-state index contributed by atoms with van der Waals surface area (Å²) in [6.45, 7) is 4.27. The van der Waals surface area contributed by atoms with Crippen LogP contribution in [0.4, 0.5) is 15.8 Å². The molecule has 0 saturated heterocycles. The standard InChI is InChI=1S/C13H17FN2O5/c1-4-15(8(2)7-21-3)12-5-9(13(17)18)11(16(19)20)6-10(12)14/h5-6,8H,4,7H2,1-3H3,(H,17,18). The van der Waals surface area contributed by atoms with E-state index in [0.29, 0.717) is 19.2 Å². The molecule has 7 nitrogen and oxygen atoms in total. The van der Waals surface area contributed by atoms with Crippen molar-refractivity contribution >= 4 is 17.3 Å². The van der Waals surface area contributed by atoms with Gasteiger partial charge in [0.15, 0.2) is 5.82 Å². The van der Waals surface area contributed by atoms with Crippen LogP contribution in [0, 0.1) is 15.9 Å². The summed E-state index contributed by atoms with van der Waals surface area (Å²) in [4.78, 5) is 22.6. The Morgan fingerprint density at radius 1 is 1.57 bits per heavy atom. The molecule has 0 aliphatic heterocycles. The fourth-order valence-corrected chi connectivity index (χ4v) is 2.14. The summed E-state index contributed by atoms with van der Waals surface area (Å²) in [6, 6.07) is 1.42. The molecule has 0 radical (unpaired) electrons. The lowest BCUT2D eigenvalue weighted by atomic mass is 10.1. The van der Waals surface area contributed by atoms with Gasteiger partial charge in [0, 0.05) is 19.7 Å². The maximum atomic E-state index is 14.1. The molecule has 0 amide bonds. The van der Waals surface area contributed by atoms with Crippen molar-refractivity contribution in [2.24, 2.45) is 0 Å². The lowest BCUT2D eigenvalue weighted by molar-refractivity contribution is -0.385. The number of carboxylic acid groups (broad SMARTS) is 1. The van der Waals surface area contributed by atoms with Crippen molar-refractivity contribution in [2.45, 2.75) is 19.9 Å². The van der Waals surface area contributed by atoms with E-state index in [0.717, 1.165) is 6.07 Å². The van der Waals surface area contributed by atoms with E-state index in [4.69, 9.17) is 9.84 Å². The highest BCUT2D eigenvalue weighted by Crippen LogP contribution is 2.29. The van der Waals surface area contributed by atoms with Gasteiger partial charge >= 0.3 is 5.97 Å². The summed E-state index contributed by atoms with van der Waals surface area (Å²) in [5, 5.41) is 19.9. The first-order chi connectivity index (χ1) is 9.83. The highest BCUT2D eigenvalue weighted by atomic mass is 19.1. The average molecular weight is 300 g/mol. The van der Waals surface area contributed by atoms with Gasteiger partial charge in [0.2, 0.25) is 0 Å². The molecule has 8 heteroatoms. The van der Waals surface area contributed by atoms with E-state index in [-0.39, 0.29) is 11.7 Å². The summed E-state index contributed by atoms with van der Waals surface area (Å²) in [7, 11) is 1.50. The molecule has 1 aromatic rings. The third kappa shape index (κ3) is 3.66. The van der Waals surface area contributed by atoms with Gasteiger partial charge in [0.25, 0.3) is 5.69 Å². The molecule has 0 heterocycles. The van der Waals surface area contributed by atoms with Crippen LogP contribution in [0.25, 0.3) is 0 Å². The van der Waals surface area contributed by atoms with Gasteiger partial charge in [-0.1, -0.05) is 0 Å². The van der Waals surface area contributed by atoms with E-state index in [1.807, 2.05) is 0 Å². The van der Waals surface area contributed by atoms with Crippen LogP contribution in [0.1, 0.15) is 24.2 Å². The van der Waals surface area contributed by atoms with Gasteiger partial charge in [-0.25, -0.2) is 9.18 Å². The molecule has 1 rings (SSSR count). The Morgan fingerprint density at radius 2 is 2.19 bits per heavy atom. The number of ether oxygens (including phenoxy) is 1. The van der Waals surface area contributed by atoms with E-state index >= 15 is 0 Å². The van der Waals surface area contributed by atoms with Gasteiger partial charge < -0.3 is 14.7 Å². The number of hydrogen-bond donors (Lipinski definition) is 1. The summed E-state index contributed by atoms with van der Waals surface area (Å²) < 4.78 is 19.1. The Labute approximate surface area is 121 Å². The van der Waals surface area contributed by atoms with Crippen molar-refractivity contribution in [2.75, 3.05) is 25.2 Å². The first kappa shape index (κ1) is 16.8. The highest BCUT2D eigenvalue weighted by molar-refractivity contribution is 5.93. The maximum absolute atomic E-state index is 14.1. The van der Waals surface area contributed by atoms with Crippen LogP contribution in [-0.2, 0) is 4.74 Å². The van der Waals surface area contributed by atoms with Crippen molar-refractivity contribution in [1.29, 1.82) is 0 Å². The molecule has 1 atom stereocenters. The second-order valence-corrected chi connectivity index (χ2v) is 4.47. The van der Waals surface area contributed by atoms with Crippen molar-refractivity contribution in [3.05, 3.63) is 33.6 Å². The smallest absolute Gasteiger partial charge is 0.342 e. The van der Waals surface area contributed by atoms with Gasteiger partial charge in [0.1, 0.15) is 5.56 Å². The van der Waals surface area contributed by atoms with Gasteiger partial charge in [0.05, 0.1) is 23.3 Å². The minimum atomic E-state index is -1.47. The van der Waals surface area contributed by atoms with E-state index in [9.17, 15) is 19.3 Å². The SMILES string of the molecule is CCN(c1cc(C(=O)O)c([N+](=O)[O-])cc1F)C(C)COC. The number of anilines is 1. The zero-order valence-electron chi connectivity index (χ0n) is 12.0. The Balaban J connectivity index is 3.39. The molecule has 0 aromatic heterocycles. The predicted octanol–water partition coefficient (Wildman–Crippen LogP) is 2.29. The molecule has 1 N–H and O–H groups in total. The topological polar surface area (TPSA) is 92.9 Å². The number of carboxylic acids is 1. The predicted molar refractivity (Wildman–Crippen MR) is 74.4 cm³/mol. The number of aromatic carboxylic acids is 1. The van der Waals surface area contributed by atoms with Gasteiger partial charge in [-0.2, -0.15) is 0 Å². The largest absolute Gasteiger partial charge is 0.477 e. The molecule has 0 aliphatic carbocycles. The third-order valence-electron chi connectivity index (χ3n) is 3.08. The molecule has 0 aliphatic rings. The van der Waals surface area contributed by atoms with Crippen LogP contribution >= 0.6 is 0 Å². The summed E-state index contributed by atoms with van der Waals surface area (Å²) in [5.74, 6) is -2.31. The van der Waals surface area contributed by atoms with Crippen LogP contribution in [-0.4, -0.2) is 42.3 Å². The number of likely N-dealkylation sites (N-methyl/N-ethyl adjacent to an activating group) is 1. The summed E-state index contributed by atoms with van der Waals surface area (Å²) >= 11 is 0. The average Bonchev–Trinajstić information content (AvgIpc) is 2.40. The molecule has 0 saturated carbocycles.